The van der Waals surface area contributed by atoms with Crippen LogP contribution in [0.3, 0.4) is 0 Å². The second-order valence-corrected chi connectivity index (χ2v) is 4.46. The largest absolute Gasteiger partial charge is 0.491 e. The molecule has 0 saturated heterocycles. The molecule has 2 aromatic carbocycles. The molecular formula is C17H16FNO2. The highest BCUT2D eigenvalue weighted by Crippen LogP contribution is 2.16. The molecule has 1 atom stereocenters. The molecule has 0 spiro atoms. The van der Waals surface area contributed by atoms with E-state index in [1.165, 1.54) is 12.1 Å². The Morgan fingerprint density at radius 2 is 1.90 bits per heavy atom. The monoisotopic (exact) mass is 285 g/mol. The molecule has 0 aliphatic heterocycles. The summed E-state index contributed by atoms with van der Waals surface area (Å²) in [4.78, 5) is 11.0. The number of hydrogen-bond acceptors (Lipinski definition) is 3. The lowest BCUT2D eigenvalue weighted by atomic mass is 10.1. The molecular weight excluding hydrogens is 269 g/mol. The van der Waals surface area contributed by atoms with Gasteiger partial charge in [0, 0.05) is 11.3 Å². The normalized spacial score (nSPS) is 11.5. The highest BCUT2D eigenvalue weighted by Gasteiger charge is 2.08. The van der Waals surface area contributed by atoms with E-state index in [2.05, 4.69) is 11.9 Å². The maximum atomic E-state index is 12.8. The Balaban J connectivity index is 1.98. The number of aldehydes is 1. The fourth-order valence-electron chi connectivity index (χ4n) is 1.82. The van der Waals surface area contributed by atoms with E-state index in [-0.39, 0.29) is 11.9 Å². The molecule has 4 heteroatoms. The van der Waals surface area contributed by atoms with Crippen molar-refractivity contribution in [3.8, 4) is 5.75 Å². The van der Waals surface area contributed by atoms with Gasteiger partial charge < -0.3 is 10.1 Å². The highest BCUT2D eigenvalue weighted by molar-refractivity contribution is 5.84. The zero-order valence-electron chi connectivity index (χ0n) is 11.5. The van der Waals surface area contributed by atoms with Gasteiger partial charge in [-0.15, -0.1) is 6.58 Å². The number of carbonyl (C=O) groups excluding carboxylic acids is 1. The van der Waals surface area contributed by atoms with Crippen LogP contribution in [-0.4, -0.2) is 18.9 Å². The first-order chi connectivity index (χ1) is 10.2. The molecule has 0 aliphatic carbocycles. The highest BCUT2D eigenvalue weighted by atomic mass is 19.1. The van der Waals surface area contributed by atoms with Crippen molar-refractivity contribution in [2.45, 2.75) is 6.04 Å². The Hall–Kier alpha value is -2.62. The molecule has 0 aliphatic rings. The summed E-state index contributed by atoms with van der Waals surface area (Å²) in [7, 11) is 0. The van der Waals surface area contributed by atoms with E-state index in [0.29, 0.717) is 17.9 Å². The standard InChI is InChI=1S/C17H16FNO2/c1-2-15(12-21-16-9-7-14(18)8-10-16)19-17-6-4-3-5-13(17)11-20/h2-11,15,19H,1,12H2. The van der Waals surface area contributed by atoms with Crippen LogP contribution in [0.2, 0.25) is 0 Å². The lowest BCUT2D eigenvalue weighted by Gasteiger charge is -2.18. The summed E-state index contributed by atoms with van der Waals surface area (Å²) in [6.45, 7) is 4.07. The van der Waals surface area contributed by atoms with Gasteiger partial charge in [0.25, 0.3) is 0 Å². The number of nitrogens with one attached hydrogen (secondary N) is 1. The lowest BCUT2D eigenvalue weighted by Crippen LogP contribution is -2.25. The zero-order chi connectivity index (χ0) is 15.1. The van der Waals surface area contributed by atoms with Gasteiger partial charge in [0.1, 0.15) is 18.2 Å². The van der Waals surface area contributed by atoms with Crippen molar-refractivity contribution in [2.75, 3.05) is 11.9 Å². The van der Waals surface area contributed by atoms with E-state index in [1.54, 1.807) is 30.3 Å². The van der Waals surface area contributed by atoms with Crippen LogP contribution in [0, 0.1) is 5.82 Å². The first-order valence-corrected chi connectivity index (χ1v) is 6.54. The number of halogens is 1. The molecule has 1 N–H and O–H groups in total. The molecule has 21 heavy (non-hydrogen) atoms. The third-order valence-electron chi connectivity index (χ3n) is 2.96. The lowest BCUT2D eigenvalue weighted by molar-refractivity contribution is 0.112. The summed E-state index contributed by atoms with van der Waals surface area (Å²) < 4.78 is 18.4. The van der Waals surface area contributed by atoms with E-state index in [9.17, 15) is 9.18 Å². The van der Waals surface area contributed by atoms with E-state index in [1.807, 2.05) is 12.1 Å². The minimum Gasteiger partial charge on any atom is -0.491 e. The Kier molecular flexibility index (Phi) is 5.10. The Morgan fingerprint density at radius 1 is 1.19 bits per heavy atom. The van der Waals surface area contributed by atoms with E-state index in [4.69, 9.17) is 4.74 Å². The van der Waals surface area contributed by atoms with Crippen LogP contribution < -0.4 is 10.1 Å². The molecule has 2 aromatic rings. The maximum Gasteiger partial charge on any atom is 0.152 e. The maximum absolute atomic E-state index is 12.8. The number of anilines is 1. The van der Waals surface area contributed by atoms with Crippen molar-refractivity contribution in [1.82, 2.24) is 0 Å². The van der Waals surface area contributed by atoms with Gasteiger partial charge in [0.2, 0.25) is 0 Å². The third kappa shape index (κ3) is 4.18. The molecule has 2 rings (SSSR count). The minimum atomic E-state index is -0.305. The van der Waals surface area contributed by atoms with Crippen LogP contribution in [0.1, 0.15) is 10.4 Å². The second kappa shape index (κ2) is 7.24. The molecule has 3 nitrogen and oxygen atoms in total. The first-order valence-electron chi connectivity index (χ1n) is 6.54. The summed E-state index contributed by atoms with van der Waals surface area (Å²) in [5, 5.41) is 3.18. The van der Waals surface area contributed by atoms with E-state index < -0.39 is 0 Å². The summed E-state index contributed by atoms with van der Waals surface area (Å²) in [5.41, 5.74) is 1.30. The molecule has 108 valence electrons. The van der Waals surface area contributed by atoms with E-state index in [0.717, 1.165) is 12.0 Å². The number of ether oxygens (including phenoxy) is 1. The number of rotatable bonds is 7. The molecule has 0 amide bonds. The topological polar surface area (TPSA) is 38.3 Å². The molecule has 0 fully saturated rings. The van der Waals surface area contributed by atoms with Crippen LogP contribution in [0.15, 0.2) is 61.2 Å². The van der Waals surface area contributed by atoms with Crippen molar-refractivity contribution >= 4 is 12.0 Å². The Morgan fingerprint density at radius 3 is 2.57 bits per heavy atom. The average molecular weight is 285 g/mol. The summed E-state index contributed by atoms with van der Waals surface area (Å²) in [6, 6.07) is 12.8. The van der Waals surface area contributed by atoms with Gasteiger partial charge in [-0.05, 0) is 36.4 Å². The Bertz CT molecular complexity index is 610. The summed E-state index contributed by atoms with van der Waals surface area (Å²) >= 11 is 0. The van der Waals surface area contributed by atoms with Gasteiger partial charge in [-0.1, -0.05) is 18.2 Å². The van der Waals surface area contributed by atoms with Crippen LogP contribution in [0.25, 0.3) is 0 Å². The van der Waals surface area contributed by atoms with E-state index >= 15 is 0 Å². The van der Waals surface area contributed by atoms with Crippen LogP contribution in [0.4, 0.5) is 10.1 Å². The minimum absolute atomic E-state index is 0.170. The van der Waals surface area contributed by atoms with Crippen molar-refractivity contribution in [3.05, 3.63) is 72.6 Å². The molecule has 0 bridgehead atoms. The third-order valence-corrected chi connectivity index (χ3v) is 2.96. The molecule has 0 aromatic heterocycles. The number of para-hydroxylation sites is 1. The second-order valence-electron chi connectivity index (χ2n) is 4.46. The smallest absolute Gasteiger partial charge is 0.152 e. The van der Waals surface area contributed by atoms with Gasteiger partial charge >= 0.3 is 0 Å². The van der Waals surface area contributed by atoms with Crippen LogP contribution in [0.5, 0.6) is 5.75 Å². The predicted molar refractivity (Wildman–Crippen MR) is 81.3 cm³/mol. The van der Waals surface area contributed by atoms with Crippen LogP contribution in [-0.2, 0) is 0 Å². The van der Waals surface area contributed by atoms with Gasteiger partial charge in [-0.3, -0.25) is 4.79 Å². The molecule has 1 unspecified atom stereocenters. The van der Waals surface area contributed by atoms with Crippen molar-refractivity contribution in [1.29, 1.82) is 0 Å². The number of benzene rings is 2. The molecule has 0 heterocycles. The average Bonchev–Trinajstić information content (AvgIpc) is 2.53. The summed E-state index contributed by atoms with van der Waals surface area (Å²) in [5.74, 6) is 0.273. The number of carbonyl (C=O) groups is 1. The fraction of sp³-hybridized carbons (Fsp3) is 0.118. The van der Waals surface area contributed by atoms with Gasteiger partial charge in [0.15, 0.2) is 6.29 Å². The molecule has 0 saturated carbocycles. The quantitative estimate of drug-likeness (QED) is 0.623. The molecule has 0 radical (unpaired) electrons. The van der Waals surface area contributed by atoms with Crippen LogP contribution >= 0.6 is 0 Å². The van der Waals surface area contributed by atoms with Crippen molar-refractivity contribution < 1.29 is 13.9 Å². The van der Waals surface area contributed by atoms with Crippen molar-refractivity contribution in [3.63, 3.8) is 0 Å². The SMILES string of the molecule is C=CC(COc1ccc(F)cc1)Nc1ccccc1C=O. The summed E-state index contributed by atoms with van der Waals surface area (Å²) in [6.07, 6.45) is 2.49. The predicted octanol–water partition coefficient (Wildman–Crippen LogP) is 3.68. The zero-order valence-corrected chi connectivity index (χ0v) is 11.5. The van der Waals surface area contributed by atoms with Crippen molar-refractivity contribution in [2.24, 2.45) is 0 Å². The number of hydrogen-bond donors (Lipinski definition) is 1. The first kappa shape index (κ1) is 14.8. The Labute approximate surface area is 123 Å². The fourth-order valence-corrected chi connectivity index (χ4v) is 1.82. The van der Waals surface area contributed by atoms with Gasteiger partial charge in [-0.2, -0.15) is 0 Å². The van der Waals surface area contributed by atoms with Gasteiger partial charge in [0.05, 0.1) is 6.04 Å². The van der Waals surface area contributed by atoms with Gasteiger partial charge in [-0.25, -0.2) is 4.39 Å².